The van der Waals surface area contributed by atoms with Gasteiger partial charge in [-0.25, -0.2) is 0 Å². The van der Waals surface area contributed by atoms with Crippen LogP contribution in [0.1, 0.15) is 61.3 Å². The van der Waals surface area contributed by atoms with Gasteiger partial charge >= 0.3 is 0 Å². The van der Waals surface area contributed by atoms with Gasteiger partial charge in [0.05, 0.1) is 17.5 Å². The zero-order valence-electron chi connectivity index (χ0n) is 14.2. The van der Waals surface area contributed by atoms with Gasteiger partial charge in [-0.1, -0.05) is 20.8 Å². The third-order valence-corrected chi connectivity index (χ3v) is 5.12. The molecule has 2 amide bonds. The molecule has 0 aromatic heterocycles. The summed E-state index contributed by atoms with van der Waals surface area (Å²) in [5.41, 5.74) is -1.55. The monoisotopic (exact) mass is 295 g/mol. The normalized spacial score (nSPS) is 33.0. The summed E-state index contributed by atoms with van der Waals surface area (Å²) in [7, 11) is 0. The maximum Gasteiger partial charge on any atom is 0.233 e. The van der Waals surface area contributed by atoms with E-state index in [4.69, 9.17) is 0 Å². The van der Waals surface area contributed by atoms with Crippen LogP contribution in [-0.4, -0.2) is 38.9 Å². The van der Waals surface area contributed by atoms with Crippen molar-refractivity contribution in [1.82, 2.24) is 9.96 Å². The fraction of sp³-hybridized carbons (Fsp3) is 0.875. The largest absolute Gasteiger partial charge is 0.277 e. The Morgan fingerprint density at radius 2 is 1.62 bits per heavy atom. The van der Waals surface area contributed by atoms with Gasteiger partial charge in [-0.2, -0.15) is 0 Å². The van der Waals surface area contributed by atoms with Gasteiger partial charge in [0.15, 0.2) is 0 Å². The van der Waals surface area contributed by atoms with Crippen LogP contribution < -0.4 is 0 Å². The second-order valence-corrected chi connectivity index (χ2v) is 8.71. The fourth-order valence-electron chi connectivity index (χ4n) is 3.78. The number of rotatable bonds is 1. The lowest BCUT2D eigenvalue weighted by Gasteiger charge is -2.36. The van der Waals surface area contributed by atoms with Crippen molar-refractivity contribution in [3.05, 3.63) is 0 Å². The predicted octanol–water partition coefficient (Wildman–Crippen LogP) is 2.38. The van der Waals surface area contributed by atoms with Crippen LogP contribution >= 0.6 is 0 Å². The van der Waals surface area contributed by atoms with Crippen LogP contribution in [0.15, 0.2) is 0 Å². The van der Waals surface area contributed by atoms with Crippen molar-refractivity contribution in [1.29, 1.82) is 0 Å². The molecule has 0 aromatic carbocycles. The highest BCUT2D eigenvalue weighted by atomic mass is 16.5. The summed E-state index contributed by atoms with van der Waals surface area (Å²) in [5, 5.41) is 13.5. The Morgan fingerprint density at radius 3 is 1.95 bits per heavy atom. The summed E-state index contributed by atoms with van der Waals surface area (Å²) in [5.74, 6) is -0.537. The van der Waals surface area contributed by atoms with E-state index in [1.165, 1.54) is 4.90 Å². The predicted molar refractivity (Wildman–Crippen MR) is 78.5 cm³/mol. The Kier molecular flexibility index (Phi) is 3.54. The molecular weight excluding hydrogens is 268 g/mol. The van der Waals surface area contributed by atoms with Crippen LogP contribution in [0, 0.1) is 11.3 Å². The molecular formula is C16H27N2O3. The fourth-order valence-corrected chi connectivity index (χ4v) is 3.78. The van der Waals surface area contributed by atoms with Crippen LogP contribution in [0.25, 0.3) is 0 Å². The molecule has 2 heterocycles. The average molecular weight is 295 g/mol. The Balaban J connectivity index is 2.35. The summed E-state index contributed by atoms with van der Waals surface area (Å²) in [6.45, 7) is 13.3. The molecule has 2 fully saturated rings. The van der Waals surface area contributed by atoms with E-state index >= 15 is 0 Å². The molecule has 21 heavy (non-hydrogen) atoms. The molecule has 2 aliphatic heterocycles. The van der Waals surface area contributed by atoms with Crippen molar-refractivity contribution >= 4 is 11.8 Å². The molecule has 5 nitrogen and oxygen atoms in total. The molecule has 5 heteroatoms. The topological polar surface area (TPSA) is 60.5 Å². The molecule has 0 spiro atoms. The minimum Gasteiger partial charge on any atom is -0.277 e. The third-order valence-electron chi connectivity index (χ3n) is 5.12. The first-order valence-electron chi connectivity index (χ1n) is 7.63. The molecule has 1 radical (unpaired) electrons. The Labute approximate surface area is 127 Å². The number of hydrogen-bond acceptors (Lipinski definition) is 3. The van der Waals surface area contributed by atoms with Crippen LogP contribution in [0.3, 0.4) is 0 Å². The molecule has 2 rings (SSSR count). The van der Waals surface area contributed by atoms with E-state index in [9.17, 15) is 14.8 Å². The van der Waals surface area contributed by atoms with Gasteiger partial charge in [0.2, 0.25) is 11.8 Å². The van der Waals surface area contributed by atoms with Gasteiger partial charge < -0.3 is 0 Å². The Hall–Kier alpha value is -0.940. The number of likely N-dealkylation sites (tertiary alicyclic amines) is 1. The summed E-state index contributed by atoms with van der Waals surface area (Å²) in [6.07, 6.45) is 0.784. The molecule has 2 saturated heterocycles. The molecule has 0 aliphatic carbocycles. The van der Waals surface area contributed by atoms with Gasteiger partial charge in [0.1, 0.15) is 0 Å². The molecule has 0 bridgehead atoms. The molecule has 119 valence electrons. The van der Waals surface area contributed by atoms with E-state index in [2.05, 4.69) is 0 Å². The van der Waals surface area contributed by atoms with Gasteiger partial charge in [0.25, 0.3) is 0 Å². The summed E-state index contributed by atoms with van der Waals surface area (Å²) in [6, 6.07) is -0.350. The minimum absolute atomic E-state index is 0.114. The van der Waals surface area contributed by atoms with Crippen LogP contribution in [-0.2, 0) is 14.8 Å². The molecule has 2 atom stereocenters. The van der Waals surface area contributed by atoms with Crippen molar-refractivity contribution in [2.24, 2.45) is 11.3 Å². The zero-order valence-corrected chi connectivity index (χ0v) is 14.2. The van der Waals surface area contributed by atoms with Crippen LogP contribution in [0.5, 0.6) is 0 Å². The van der Waals surface area contributed by atoms with Gasteiger partial charge in [-0.3, -0.25) is 14.5 Å². The highest BCUT2D eigenvalue weighted by molar-refractivity contribution is 6.04. The number of hydroxylamine groups is 2. The van der Waals surface area contributed by atoms with E-state index in [-0.39, 0.29) is 35.6 Å². The van der Waals surface area contributed by atoms with Crippen molar-refractivity contribution in [2.75, 3.05) is 0 Å². The maximum atomic E-state index is 12.7. The summed E-state index contributed by atoms with van der Waals surface area (Å²) >= 11 is 0. The van der Waals surface area contributed by atoms with Crippen molar-refractivity contribution in [2.45, 2.75) is 78.4 Å². The number of imide groups is 1. The minimum atomic E-state index is -0.748. The number of nitrogens with zero attached hydrogens (tertiary/aromatic N) is 2. The number of carbonyl (C=O) groups excluding carboxylic acids is 2. The van der Waals surface area contributed by atoms with Gasteiger partial charge in [-0.15, -0.1) is 10.3 Å². The first-order chi connectivity index (χ1) is 9.30. The number of hydrogen-bond donors (Lipinski definition) is 0. The maximum absolute atomic E-state index is 12.7. The van der Waals surface area contributed by atoms with Crippen molar-refractivity contribution in [3.63, 3.8) is 0 Å². The van der Waals surface area contributed by atoms with E-state index in [0.717, 1.165) is 5.06 Å². The molecule has 2 unspecified atom stereocenters. The van der Waals surface area contributed by atoms with Crippen LogP contribution in [0.2, 0.25) is 0 Å². The summed E-state index contributed by atoms with van der Waals surface area (Å²) < 4.78 is 0. The Bertz CT molecular complexity index is 476. The Morgan fingerprint density at radius 1 is 1.10 bits per heavy atom. The smallest absolute Gasteiger partial charge is 0.233 e. The molecule has 0 N–H and O–H groups in total. The van der Waals surface area contributed by atoms with Crippen molar-refractivity contribution in [3.8, 4) is 0 Å². The quantitative estimate of drug-likeness (QED) is 0.698. The molecule has 0 aromatic rings. The number of carbonyl (C=O) groups is 2. The lowest BCUT2D eigenvalue weighted by atomic mass is 9.79. The van der Waals surface area contributed by atoms with E-state index < -0.39 is 11.1 Å². The standard InChI is InChI=1S/C16H27N2O3/c1-14(2,3)10-8-12(19)17(13(10)20)11-9-15(4,5)18(21)16(11,6)7/h10-11H,8-9H2,1-7H3. The number of amides is 2. The second-order valence-electron chi connectivity index (χ2n) is 8.71. The summed E-state index contributed by atoms with van der Waals surface area (Å²) in [4.78, 5) is 26.5. The van der Waals surface area contributed by atoms with E-state index in [0.29, 0.717) is 6.42 Å². The third kappa shape index (κ3) is 2.40. The zero-order chi connectivity index (χ0) is 16.4. The van der Waals surface area contributed by atoms with Gasteiger partial charge in [0, 0.05) is 12.0 Å². The highest BCUT2D eigenvalue weighted by Gasteiger charge is 2.59. The highest BCUT2D eigenvalue weighted by Crippen LogP contribution is 2.45. The molecule has 2 aliphatic rings. The van der Waals surface area contributed by atoms with E-state index in [1.807, 2.05) is 48.5 Å². The van der Waals surface area contributed by atoms with Gasteiger partial charge in [-0.05, 0) is 39.5 Å². The molecule has 0 saturated carbocycles. The van der Waals surface area contributed by atoms with Crippen LogP contribution in [0.4, 0.5) is 0 Å². The van der Waals surface area contributed by atoms with Crippen molar-refractivity contribution < 1.29 is 14.8 Å². The lowest BCUT2D eigenvalue weighted by molar-refractivity contribution is -0.248. The SMILES string of the molecule is CC(C)(C)C1CC(=O)N(C2CC(C)(C)N([O])C2(C)C)C1=O. The average Bonchev–Trinajstić information content (AvgIpc) is 2.67. The first-order valence-corrected chi connectivity index (χ1v) is 7.63. The first kappa shape index (κ1) is 16.4. The lowest BCUT2D eigenvalue weighted by Crippen LogP contribution is -2.54. The second kappa shape index (κ2) is 4.53. The van der Waals surface area contributed by atoms with E-state index in [1.54, 1.807) is 0 Å².